The molecule has 5 nitrogen and oxygen atoms in total. The second-order valence-corrected chi connectivity index (χ2v) is 6.17. The summed E-state index contributed by atoms with van der Waals surface area (Å²) >= 11 is 0. The van der Waals surface area contributed by atoms with Crippen molar-refractivity contribution in [2.24, 2.45) is 11.8 Å². The zero-order chi connectivity index (χ0) is 15.5. The van der Waals surface area contributed by atoms with E-state index in [-0.39, 0.29) is 5.91 Å². The van der Waals surface area contributed by atoms with E-state index in [0.29, 0.717) is 24.0 Å². The predicted molar refractivity (Wildman–Crippen MR) is 84.3 cm³/mol. The SMILES string of the molecule is COc1ccc(CCC(=O)N2C[C@H]3CNC[C@H]3C2)cc1OC. The van der Waals surface area contributed by atoms with Crippen LogP contribution in [-0.2, 0) is 11.2 Å². The number of amides is 1. The van der Waals surface area contributed by atoms with Gasteiger partial charge in [0.2, 0.25) is 5.91 Å². The van der Waals surface area contributed by atoms with E-state index in [1.165, 1.54) is 0 Å². The molecule has 0 saturated carbocycles. The predicted octanol–water partition coefficient (Wildman–Crippen LogP) is 1.31. The fraction of sp³-hybridized carbons (Fsp3) is 0.588. The molecule has 2 saturated heterocycles. The van der Waals surface area contributed by atoms with Crippen molar-refractivity contribution in [2.45, 2.75) is 12.8 Å². The zero-order valence-corrected chi connectivity index (χ0v) is 13.3. The maximum Gasteiger partial charge on any atom is 0.222 e. The van der Waals surface area contributed by atoms with Crippen molar-refractivity contribution >= 4 is 5.91 Å². The third-order valence-corrected chi connectivity index (χ3v) is 4.82. The summed E-state index contributed by atoms with van der Waals surface area (Å²) in [7, 11) is 3.25. The molecule has 22 heavy (non-hydrogen) atoms. The highest BCUT2D eigenvalue weighted by atomic mass is 16.5. The number of carbonyl (C=O) groups excluding carboxylic acids is 1. The third-order valence-electron chi connectivity index (χ3n) is 4.82. The van der Waals surface area contributed by atoms with Crippen LogP contribution in [0.15, 0.2) is 18.2 Å². The van der Waals surface area contributed by atoms with Crippen LogP contribution in [0.5, 0.6) is 11.5 Å². The minimum Gasteiger partial charge on any atom is -0.493 e. The zero-order valence-electron chi connectivity index (χ0n) is 13.3. The van der Waals surface area contributed by atoms with Gasteiger partial charge in [-0.1, -0.05) is 6.07 Å². The fourth-order valence-corrected chi connectivity index (χ4v) is 3.50. The summed E-state index contributed by atoms with van der Waals surface area (Å²) in [6.45, 7) is 3.96. The van der Waals surface area contributed by atoms with Crippen LogP contribution in [-0.4, -0.2) is 51.2 Å². The second-order valence-electron chi connectivity index (χ2n) is 6.17. The van der Waals surface area contributed by atoms with E-state index in [2.05, 4.69) is 5.32 Å². The number of likely N-dealkylation sites (tertiary alicyclic amines) is 1. The van der Waals surface area contributed by atoms with Crippen LogP contribution in [0.25, 0.3) is 0 Å². The first-order valence-electron chi connectivity index (χ1n) is 7.90. The van der Waals surface area contributed by atoms with Crippen molar-refractivity contribution in [1.29, 1.82) is 0 Å². The summed E-state index contributed by atoms with van der Waals surface area (Å²) in [6.07, 6.45) is 1.30. The van der Waals surface area contributed by atoms with Crippen LogP contribution in [0.1, 0.15) is 12.0 Å². The van der Waals surface area contributed by atoms with E-state index in [9.17, 15) is 4.79 Å². The Labute approximate surface area is 131 Å². The number of methoxy groups -OCH3 is 2. The van der Waals surface area contributed by atoms with Crippen molar-refractivity contribution in [3.05, 3.63) is 23.8 Å². The number of hydrogen-bond donors (Lipinski definition) is 1. The number of benzene rings is 1. The van der Waals surface area contributed by atoms with Gasteiger partial charge in [0, 0.05) is 32.6 Å². The van der Waals surface area contributed by atoms with Gasteiger partial charge in [-0.3, -0.25) is 4.79 Å². The Kier molecular flexibility index (Phi) is 4.52. The molecule has 0 unspecified atom stereocenters. The molecular formula is C17H24N2O3. The smallest absolute Gasteiger partial charge is 0.222 e. The molecule has 1 amide bonds. The minimum atomic E-state index is 0.268. The van der Waals surface area contributed by atoms with Gasteiger partial charge >= 0.3 is 0 Å². The molecular weight excluding hydrogens is 280 g/mol. The second kappa shape index (κ2) is 6.57. The van der Waals surface area contributed by atoms with Crippen LogP contribution >= 0.6 is 0 Å². The molecule has 1 N–H and O–H groups in total. The Bertz CT molecular complexity index is 535. The van der Waals surface area contributed by atoms with Gasteiger partial charge in [0.25, 0.3) is 0 Å². The lowest BCUT2D eigenvalue weighted by atomic mass is 10.0. The van der Waals surface area contributed by atoms with Crippen LogP contribution in [0.4, 0.5) is 0 Å². The molecule has 2 aliphatic heterocycles. The van der Waals surface area contributed by atoms with Crippen molar-refractivity contribution in [2.75, 3.05) is 40.4 Å². The number of carbonyl (C=O) groups is 1. The standard InChI is InChI=1S/C17H24N2O3/c1-21-15-5-3-12(7-16(15)22-2)4-6-17(20)19-10-13-8-18-9-14(13)11-19/h3,5,7,13-14,18H,4,6,8-11H2,1-2H3/t13-,14+. The van der Waals surface area contributed by atoms with Gasteiger partial charge in [-0.25, -0.2) is 0 Å². The van der Waals surface area contributed by atoms with Gasteiger partial charge < -0.3 is 19.7 Å². The van der Waals surface area contributed by atoms with Crippen LogP contribution in [0, 0.1) is 11.8 Å². The Morgan fingerprint density at radius 1 is 1.18 bits per heavy atom. The largest absolute Gasteiger partial charge is 0.493 e. The van der Waals surface area contributed by atoms with E-state index in [1.54, 1.807) is 14.2 Å². The normalized spacial score (nSPS) is 23.5. The maximum absolute atomic E-state index is 12.4. The van der Waals surface area contributed by atoms with Crippen LogP contribution in [0.3, 0.4) is 0 Å². The lowest BCUT2D eigenvalue weighted by Gasteiger charge is -2.17. The maximum atomic E-state index is 12.4. The summed E-state index contributed by atoms with van der Waals surface area (Å²) in [4.78, 5) is 14.4. The number of nitrogens with zero attached hydrogens (tertiary/aromatic N) is 1. The first kappa shape index (κ1) is 15.2. The van der Waals surface area contributed by atoms with E-state index in [0.717, 1.165) is 43.9 Å². The molecule has 0 radical (unpaired) electrons. The summed E-state index contributed by atoms with van der Waals surface area (Å²) in [5, 5.41) is 3.40. The van der Waals surface area contributed by atoms with Gasteiger partial charge in [0.15, 0.2) is 11.5 Å². The van der Waals surface area contributed by atoms with E-state index < -0.39 is 0 Å². The molecule has 2 fully saturated rings. The van der Waals surface area contributed by atoms with Crippen molar-refractivity contribution in [3.63, 3.8) is 0 Å². The summed E-state index contributed by atoms with van der Waals surface area (Å²) in [6, 6.07) is 5.84. The average molecular weight is 304 g/mol. The van der Waals surface area contributed by atoms with Gasteiger partial charge in [0.05, 0.1) is 14.2 Å². The summed E-state index contributed by atoms with van der Waals surface area (Å²) in [5.41, 5.74) is 1.10. The fourth-order valence-electron chi connectivity index (χ4n) is 3.50. The highest BCUT2D eigenvalue weighted by Crippen LogP contribution is 2.29. The average Bonchev–Trinajstić information content (AvgIpc) is 3.13. The molecule has 0 spiro atoms. The first-order chi connectivity index (χ1) is 10.7. The minimum absolute atomic E-state index is 0.268. The first-order valence-corrected chi connectivity index (χ1v) is 7.90. The lowest BCUT2D eigenvalue weighted by Crippen LogP contribution is -2.31. The summed E-state index contributed by atoms with van der Waals surface area (Å²) in [5.74, 6) is 3.02. The molecule has 2 heterocycles. The van der Waals surface area contributed by atoms with Crippen molar-refractivity contribution in [1.82, 2.24) is 10.2 Å². The highest BCUT2D eigenvalue weighted by Gasteiger charge is 2.37. The number of ether oxygens (including phenoxy) is 2. The number of rotatable bonds is 5. The van der Waals surface area contributed by atoms with Gasteiger partial charge in [-0.2, -0.15) is 0 Å². The molecule has 1 aromatic carbocycles. The van der Waals surface area contributed by atoms with E-state index >= 15 is 0 Å². The van der Waals surface area contributed by atoms with E-state index in [4.69, 9.17) is 9.47 Å². The van der Waals surface area contributed by atoms with Crippen molar-refractivity contribution < 1.29 is 14.3 Å². The molecule has 0 aliphatic carbocycles. The number of hydrogen-bond acceptors (Lipinski definition) is 4. The van der Waals surface area contributed by atoms with Gasteiger partial charge in [0.1, 0.15) is 0 Å². The van der Waals surface area contributed by atoms with Crippen LogP contribution < -0.4 is 14.8 Å². The summed E-state index contributed by atoms with van der Waals surface area (Å²) < 4.78 is 10.5. The number of nitrogens with one attached hydrogen (secondary N) is 1. The topological polar surface area (TPSA) is 50.8 Å². The highest BCUT2D eigenvalue weighted by molar-refractivity contribution is 5.76. The van der Waals surface area contributed by atoms with Crippen molar-refractivity contribution in [3.8, 4) is 11.5 Å². The Balaban J connectivity index is 1.55. The molecule has 2 atom stereocenters. The molecule has 0 bridgehead atoms. The molecule has 5 heteroatoms. The molecule has 1 aromatic rings. The van der Waals surface area contributed by atoms with Crippen LogP contribution in [0.2, 0.25) is 0 Å². The molecule has 0 aromatic heterocycles. The van der Waals surface area contributed by atoms with Gasteiger partial charge in [-0.05, 0) is 36.0 Å². The Hall–Kier alpha value is -1.75. The lowest BCUT2D eigenvalue weighted by molar-refractivity contribution is -0.130. The monoisotopic (exact) mass is 304 g/mol. The third kappa shape index (κ3) is 3.04. The molecule has 2 aliphatic rings. The molecule has 3 rings (SSSR count). The van der Waals surface area contributed by atoms with E-state index in [1.807, 2.05) is 23.1 Å². The number of fused-ring (bicyclic) bond motifs is 1. The van der Waals surface area contributed by atoms with Gasteiger partial charge in [-0.15, -0.1) is 0 Å². The Morgan fingerprint density at radius 3 is 2.50 bits per heavy atom. The Morgan fingerprint density at radius 2 is 1.86 bits per heavy atom. The molecule has 120 valence electrons. The number of aryl methyl sites for hydroxylation is 1. The quantitative estimate of drug-likeness (QED) is 0.891.